The number of hydrogen-bond donors (Lipinski definition) is 2. The first-order chi connectivity index (χ1) is 12.2. The lowest BCUT2D eigenvalue weighted by atomic mass is 9.83. The fraction of sp³-hybridized carbons (Fsp3) is 0.500. The Morgan fingerprint density at radius 2 is 1.65 bits per heavy atom. The summed E-state index contributed by atoms with van der Waals surface area (Å²) < 4.78 is 13.6. The first-order valence-corrected chi connectivity index (χ1v) is 9.42. The number of nitrogens with zero attached hydrogens (tertiary/aromatic N) is 1. The molecule has 0 amide bonds. The van der Waals surface area contributed by atoms with Crippen LogP contribution in [0.25, 0.3) is 11.1 Å². The van der Waals surface area contributed by atoms with Gasteiger partial charge in [-0.15, -0.1) is 0 Å². The third-order valence-corrected chi connectivity index (χ3v) is 4.64. The van der Waals surface area contributed by atoms with Crippen LogP contribution in [0, 0.1) is 5.82 Å². The molecule has 0 aliphatic heterocycles. The van der Waals surface area contributed by atoms with Gasteiger partial charge in [0.15, 0.2) is 0 Å². The van der Waals surface area contributed by atoms with E-state index in [0.717, 1.165) is 47.0 Å². The zero-order chi connectivity index (χ0) is 19.6. The predicted molar refractivity (Wildman–Crippen MR) is 104 cm³/mol. The van der Waals surface area contributed by atoms with Crippen LogP contribution in [-0.4, -0.2) is 15.2 Å². The van der Waals surface area contributed by atoms with Crippen molar-refractivity contribution in [2.24, 2.45) is 0 Å². The van der Waals surface area contributed by atoms with Crippen LogP contribution in [0.2, 0.25) is 0 Å². The summed E-state index contributed by atoms with van der Waals surface area (Å²) in [5.41, 5.74) is 4.94. The normalized spacial score (nSPS) is 12.8. The van der Waals surface area contributed by atoms with Gasteiger partial charge in [-0.3, -0.25) is 4.98 Å². The maximum atomic E-state index is 13.6. The van der Waals surface area contributed by atoms with Crippen LogP contribution < -0.4 is 0 Å². The van der Waals surface area contributed by atoms with Crippen molar-refractivity contribution in [2.75, 3.05) is 0 Å². The first kappa shape index (κ1) is 20.4. The number of aromatic nitrogens is 1. The average molecular weight is 359 g/mol. The summed E-state index contributed by atoms with van der Waals surface area (Å²) in [4.78, 5) is 4.93. The van der Waals surface area contributed by atoms with Crippen molar-refractivity contribution in [3.63, 3.8) is 0 Å². The summed E-state index contributed by atoms with van der Waals surface area (Å²) in [7, 11) is 0. The molecule has 2 aromatic rings. The number of aliphatic hydroxyl groups is 1. The molecule has 0 unspecified atom stereocenters. The van der Waals surface area contributed by atoms with Gasteiger partial charge < -0.3 is 10.2 Å². The van der Waals surface area contributed by atoms with Crippen molar-refractivity contribution < 1.29 is 14.6 Å². The summed E-state index contributed by atoms with van der Waals surface area (Å²) in [5.74, 6) is -0.267. The molecule has 3 nitrogen and oxygen atoms in total. The molecular formula is C22H30FNO2. The average Bonchev–Trinajstić information content (AvgIpc) is 2.54. The van der Waals surface area contributed by atoms with E-state index in [2.05, 4.69) is 20.8 Å². The van der Waals surface area contributed by atoms with Gasteiger partial charge in [0.1, 0.15) is 11.6 Å². The Bertz CT molecular complexity index is 782. The van der Waals surface area contributed by atoms with Crippen LogP contribution in [0.3, 0.4) is 0 Å². The third-order valence-electron chi connectivity index (χ3n) is 4.64. The molecule has 26 heavy (non-hydrogen) atoms. The Morgan fingerprint density at radius 1 is 1.04 bits per heavy atom. The van der Waals surface area contributed by atoms with Crippen molar-refractivity contribution in [1.29, 1.82) is 0 Å². The minimum atomic E-state index is -0.740. The molecule has 0 aliphatic carbocycles. The van der Waals surface area contributed by atoms with Gasteiger partial charge >= 0.3 is 0 Å². The minimum absolute atomic E-state index is 0.111. The van der Waals surface area contributed by atoms with E-state index < -0.39 is 11.9 Å². The Hall–Kier alpha value is -1.94. The maximum Gasteiger partial charge on any atom is 0.126 e. The zero-order valence-electron chi connectivity index (χ0n) is 16.6. The van der Waals surface area contributed by atoms with Crippen LogP contribution in [0.5, 0.6) is 5.75 Å². The van der Waals surface area contributed by atoms with E-state index in [1.165, 1.54) is 6.07 Å². The molecule has 1 heterocycles. The Balaban J connectivity index is 3.00. The number of pyridine rings is 1. The second kappa shape index (κ2) is 8.17. The molecule has 2 N–H and O–H groups in total. The highest BCUT2D eigenvalue weighted by atomic mass is 19.1. The van der Waals surface area contributed by atoms with Gasteiger partial charge in [-0.2, -0.15) is 0 Å². The number of aliphatic hydroxyl groups excluding tert-OH is 1. The summed E-state index contributed by atoms with van der Waals surface area (Å²) in [6.45, 7) is 12.1. The lowest BCUT2D eigenvalue weighted by molar-refractivity contribution is 0.197. The molecule has 0 saturated heterocycles. The van der Waals surface area contributed by atoms with Crippen LogP contribution in [0.15, 0.2) is 18.2 Å². The number of benzene rings is 1. The van der Waals surface area contributed by atoms with Crippen molar-refractivity contribution in [3.05, 3.63) is 46.5 Å². The summed E-state index contributed by atoms with van der Waals surface area (Å²) in [5, 5.41) is 21.0. The topological polar surface area (TPSA) is 53.4 Å². The quantitative estimate of drug-likeness (QED) is 0.680. The van der Waals surface area contributed by atoms with Crippen LogP contribution in [0.4, 0.5) is 4.39 Å². The number of hydrogen-bond acceptors (Lipinski definition) is 3. The maximum absolute atomic E-state index is 13.6. The monoisotopic (exact) mass is 359 g/mol. The molecule has 0 aliphatic rings. The summed E-state index contributed by atoms with van der Waals surface area (Å²) in [6, 6.07) is 4.07. The smallest absolute Gasteiger partial charge is 0.126 e. The van der Waals surface area contributed by atoms with Gasteiger partial charge in [0.25, 0.3) is 0 Å². The zero-order valence-corrected chi connectivity index (χ0v) is 16.6. The van der Waals surface area contributed by atoms with Crippen LogP contribution in [0.1, 0.15) is 88.4 Å². The molecule has 2 rings (SSSR count). The molecule has 0 saturated carbocycles. The SMILES string of the molecule is CCCc1c(C(C)C)nc(C(C)C)c([C@H](C)O)c1-c1ccc(F)cc1O. The molecule has 0 fully saturated rings. The van der Waals surface area contributed by atoms with E-state index in [1.54, 1.807) is 13.0 Å². The van der Waals surface area contributed by atoms with E-state index >= 15 is 0 Å². The Morgan fingerprint density at radius 3 is 2.12 bits per heavy atom. The molecular weight excluding hydrogens is 329 g/mol. The van der Waals surface area contributed by atoms with Gasteiger partial charge in [0.2, 0.25) is 0 Å². The van der Waals surface area contributed by atoms with Gasteiger partial charge in [-0.1, -0.05) is 41.0 Å². The van der Waals surface area contributed by atoms with E-state index in [1.807, 2.05) is 13.8 Å². The predicted octanol–water partition coefficient (Wildman–Crippen LogP) is 5.85. The number of phenols is 1. The molecule has 4 heteroatoms. The summed E-state index contributed by atoms with van der Waals surface area (Å²) >= 11 is 0. The van der Waals surface area contributed by atoms with Crippen molar-refractivity contribution in [2.45, 2.75) is 72.3 Å². The highest BCUT2D eigenvalue weighted by molar-refractivity contribution is 5.78. The van der Waals surface area contributed by atoms with Gasteiger partial charge in [-0.05, 0) is 48.4 Å². The standard InChI is InChI=1S/C22H30FNO2/c1-7-8-17-20(16-10-9-15(23)11-18(16)26)19(14(6)25)22(13(4)5)24-21(17)12(2)3/h9-14,25-26H,7-8H2,1-6H3/t14-/m0/s1. The Kier molecular flexibility index (Phi) is 6.40. The molecule has 142 valence electrons. The van der Waals surface area contributed by atoms with E-state index in [4.69, 9.17) is 4.98 Å². The molecule has 1 atom stereocenters. The fourth-order valence-electron chi connectivity index (χ4n) is 3.54. The summed E-state index contributed by atoms with van der Waals surface area (Å²) in [6.07, 6.45) is 0.956. The minimum Gasteiger partial charge on any atom is -0.507 e. The molecule has 1 aromatic carbocycles. The fourth-order valence-corrected chi connectivity index (χ4v) is 3.54. The van der Waals surface area contributed by atoms with E-state index in [0.29, 0.717) is 5.56 Å². The van der Waals surface area contributed by atoms with E-state index in [-0.39, 0.29) is 17.6 Å². The Labute approximate surface area is 155 Å². The largest absolute Gasteiger partial charge is 0.507 e. The molecule has 0 bridgehead atoms. The van der Waals surface area contributed by atoms with Crippen LogP contribution in [-0.2, 0) is 6.42 Å². The number of phenolic OH excluding ortho intramolecular Hbond substituents is 1. The van der Waals surface area contributed by atoms with Crippen molar-refractivity contribution >= 4 is 0 Å². The first-order valence-electron chi connectivity index (χ1n) is 9.42. The van der Waals surface area contributed by atoms with Crippen molar-refractivity contribution in [3.8, 4) is 16.9 Å². The number of rotatable bonds is 6. The van der Waals surface area contributed by atoms with Crippen LogP contribution >= 0.6 is 0 Å². The number of halogens is 1. The van der Waals surface area contributed by atoms with Crippen molar-refractivity contribution in [1.82, 2.24) is 4.98 Å². The van der Waals surface area contributed by atoms with E-state index in [9.17, 15) is 14.6 Å². The highest BCUT2D eigenvalue weighted by Crippen LogP contribution is 2.43. The van der Waals surface area contributed by atoms with Gasteiger partial charge in [0.05, 0.1) is 6.10 Å². The lowest BCUT2D eigenvalue weighted by Gasteiger charge is -2.26. The molecule has 0 spiro atoms. The number of aromatic hydroxyl groups is 1. The lowest BCUT2D eigenvalue weighted by Crippen LogP contribution is -2.14. The highest BCUT2D eigenvalue weighted by Gasteiger charge is 2.26. The molecule has 0 radical (unpaired) electrons. The third kappa shape index (κ3) is 3.90. The second-order valence-corrected chi connectivity index (χ2v) is 7.55. The van der Waals surface area contributed by atoms with Gasteiger partial charge in [0, 0.05) is 28.6 Å². The van der Waals surface area contributed by atoms with Gasteiger partial charge in [-0.25, -0.2) is 4.39 Å². The molecule has 1 aromatic heterocycles. The second-order valence-electron chi connectivity index (χ2n) is 7.55.